The van der Waals surface area contributed by atoms with Crippen molar-refractivity contribution in [3.8, 4) is 11.5 Å². The van der Waals surface area contributed by atoms with Gasteiger partial charge >= 0.3 is 0 Å². The molecule has 17 heavy (non-hydrogen) atoms. The lowest BCUT2D eigenvalue weighted by atomic mass is 10.1. The molecule has 0 heterocycles. The molecule has 96 valence electrons. The molecule has 0 aliphatic heterocycles. The smallest absolute Gasteiger partial charge is 0.157 e. The van der Waals surface area contributed by atoms with Gasteiger partial charge in [0.05, 0.1) is 6.10 Å². The van der Waals surface area contributed by atoms with E-state index >= 15 is 0 Å². The van der Waals surface area contributed by atoms with Gasteiger partial charge in [0.15, 0.2) is 11.5 Å². The second kappa shape index (κ2) is 6.31. The lowest BCUT2D eigenvalue weighted by Gasteiger charge is -2.18. The maximum absolute atomic E-state index is 9.83. The van der Waals surface area contributed by atoms with Crippen molar-refractivity contribution in [1.29, 1.82) is 0 Å². The first kappa shape index (κ1) is 14.4. The summed E-state index contributed by atoms with van der Waals surface area (Å²) >= 11 is 11.3. The predicted octanol–water partition coefficient (Wildman–Crippen LogP) is 1.91. The normalized spacial score (nSPS) is 14.9. The van der Waals surface area contributed by atoms with Crippen LogP contribution in [0.1, 0.15) is 18.6 Å². The molecule has 1 aromatic rings. The van der Waals surface area contributed by atoms with Crippen LogP contribution in [0.2, 0.25) is 0 Å². The van der Waals surface area contributed by atoms with E-state index in [2.05, 4.69) is 5.32 Å². The van der Waals surface area contributed by atoms with E-state index in [1.807, 2.05) is 0 Å². The summed E-state index contributed by atoms with van der Waals surface area (Å²) in [6, 6.07) is 4.01. The number of alkyl halides is 2. The summed E-state index contributed by atoms with van der Waals surface area (Å²) in [5.74, 6) is -0.481. The van der Waals surface area contributed by atoms with Crippen molar-refractivity contribution in [2.45, 2.75) is 23.9 Å². The Bertz CT molecular complexity index is 374. The fourth-order valence-corrected chi connectivity index (χ4v) is 1.43. The Labute approximate surface area is 110 Å². The zero-order valence-corrected chi connectivity index (χ0v) is 10.8. The summed E-state index contributed by atoms with van der Waals surface area (Å²) in [7, 11) is 0. The first-order valence-electron chi connectivity index (χ1n) is 5.13. The molecule has 0 unspecified atom stereocenters. The number of aliphatic hydroxyl groups is 1. The molecule has 0 saturated carbocycles. The van der Waals surface area contributed by atoms with Gasteiger partial charge < -0.3 is 20.6 Å². The molecule has 1 rings (SSSR count). The van der Waals surface area contributed by atoms with Crippen molar-refractivity contribution in [2.75, 3.05) is 6.54 Å². The summed E-state index contributed by atoms with van der Waals surface area (Å²) in [6.07, 6.45) is -0.809. The van der Waals surface area contributed by atoms with Crippen LogP contribution in [0, 0.1) is 0 Å². The molecule has 6 heteroatoms. The number of phenolic OH excluding ortho intramolecular Hbond substituents is 2. The number of phenols is 2. The van der Waals surface area contributed by atoms with Gasteiger partial charge in [0, 0.05) is 12.6 Å². The number of nitrogens with one attached hydrogen (secondary N) is 1. The van der Waals surface area contributed by atoms with E-state index in [9.17, 15) is 10.2 Å². The third-order valence-corrected chi connectivity index (χ3v) is 3.15. The molecule has 0 aromatic heterocycles. The largest absolute Gasteiger partial charge is 0.504 e. The third-order valence-electron chi connectivity index (χ3n) is 2.40. The Morgan fingerprint density at radius 2 is 1.88 bits per heavy atom. The average Bonchev–Trinajstić information content (AvgIpc) is 2.28. The molecule has 1 aromatic carbocycles. The lowest BCUT2D eigenvalue weighted by Crippen LogP contribution is -2.34. The van der Waals surface area contributed by atoms with Gasteiger partial charge in [0.2, 0.25) is 0 Å². The summed E-state index contributed by atoms with van der Waals surface area (Å²) < 4.78 is 0. The van der Waals surface area contributed by atoms with Gasteiger partial charge in [-0.05, 0) is 24.6 Å². The molecule has 0 aliphatic carbocycles. The monoisotopic (exact) mass is 279 g/mol. The Morgan fingerprint density at radius 1 is 1.24 bits per heavy atom. The molecular weight excluding hydrogens is 265 g/mol. The fourth-order valence-electron chi connectivity index (χ4n) is 1.25. The van der Waals surface area contributed by atoms with E-state index in [0.717, 1.165) is 0 Å². The molecule has 0 bridgehead atoms. The van der Waals surface area contributed by atoms with Crippen molar-refractivity contribution >= 4 is 23.2 Å². The highest BCUT2D eigenvalue weighted by Gasteiger charge is 2.14. The highest BCUT2D eigenvalue weighted by Crippen LogP contribution is 2.27. The second-order valence-corrected chi connectivity index (χ2v) is 4.96. The van der Waals surface area contributed by atoms with Crippen molar-refractivity contribution in [3.63, 3.8) is 0 Å². The number of aliphatic hydroxyl groups excluding tert-OH is 1. The highest BCUT2D eigenvalue weighted by atomic mass is 35.5. The second-order valence-electron chi connectivity index (χ2n) is 3.80. The minimum Gasteiger partial charge on any atom is -0.504 e. The topological polar surface area (TPSA) is 72.7 Å². The van der Waals surface area contributed by atoms with Gasteiger partial charge in [0.1, 0.15) is 4.84 Å². The van der Waals surface area contributed by atoms with Crippen molar-refractivity contribution < 1.29 is 15.3 Å². The van der Waals surface area contributed by atoms with Gasteiger partial charge in [-0.2, -0.15) is 0 Å². The molecule has 2 atom stereocenters. The first-order chi connectivity index (χ1) is 7.91. The molecule has 0 fully saturated rings. The summed E-state index contributed by atoms with van der Waals surface area (Å²) in [5.41, 5.74) is 0.501. The van der Waals surface area contributed by atoms with Gasteiger partial charge in [-0.1, -0.05) is 6.07 Å². The van der Waals surface area contributed by atoms with Crippen LogP contribution in [0.25, 0.3) is 0 Å². The SMILES string of the molecule is C[C@H](NC[C@H](O)c1ccc(O)c(O)c1)C(Cl)Cl. The van der Waals surface area contributed by atoms with Crippen LogP contribution in [0.5, 0.6) is 11.5 Å². The van der Waals surface area contributed by atoms with Crippen LogP contribution < -0.4 is 5.32 Å². The number of benzene rings is 1. The molecule has 4 N–H and O–H groups in total. The zero-order valence-electron chi connectivity index (χ0n) is 9.27. The first-order valence-corrected chi connectivity index (χ1v) is 6.00. The van der Waals surface area contributed by atoms with Crippen molar-refractivity contribution in [2.24, 2.45) is 0 Å². The number of hydrogen-bond donors (Lipinski definition) is 4. The minimum atomic E-state index is -0.809. The van der Waals surface area contributed by atoms with Gasteiger partial charge in [-0.3, -0.25) is 0 Å². The molecule has 0 amide bonds. The predicted molar refractivity (Wildman–Crippen MR) is 67.7 cm³/mol. The fraction of sp³-hybridized carbons (Fsp3) is 0.455. The molecule has 0 spiro atoms. The number of hydrogen-bond acceptors (Lipinski definition) is 4. The number of halogens is 2. The molecular formula is C11H15Cl2NO3. The van der Waals surface area contributed by atoms with Crippen LogP contribution in [0.15, 0.2) is 18.2 Å². The summed E-state index contributed by atoms with van der Waals surface area (Å²) in [5, 5.41) is 31.2. The van der Waals surface area contributed by atoms with Crippen molar-refractivity contribution in [1.82, 2.24) is 5.32 Å². The molecule has 0 aliphatic rings. The quantitative estimate of drug-likeness (QED) is 0.491. The Hall–Kier alpha value is -0.680. The van der Waals surface area contributed by atoms with Gasteiger partial charge in [-0.15, -0.1) is 23.2 Å². The number of aromatic hydroxyl groups is 2. The van der Waals surface area contributed by atoms with E-state index in [-0.39, 0.29) is 24.1 Å². The Kier molecular flexibility index (Phi) is 5.33. The van der Waals surface area contributed by atoms with Crippen LogP contribution in [-0.2, 0) is 0 Å². The highest BCUT2D eigenvalue weighted by molar-refractivity contribution is 6.44. The van der Waals surface area contributed by atoms with Gasteiger partial charge in [-0.25, -0.2) is 0 Å². The Morgan fingerprint density at radius 3 is 2.41 bits per heavy atom. The maximum Gasteiger partial charge on any atom is 0.157 e. The zero-order chi connectivity index (χ0) is 13.0. The van der Waals surface area contributed by atoms with Crippen LogP contribution in [-0.4, -0.2) is 32.7 Å². The van der Waals surface area contributed by atoms with E-state index in [0.29, 0.717) is 5.56 Å². The minimum absolute atomic E-state index is 0.154. The Balaban J connectivity index is 2.58. The van der Waals surface area contributed by atoms with E-state index in [4.69, 9.17) is 28.3 Å². The van der Waals surface area contributed by atoms with Crippen LogP contribution in [0.3, 0.4) is 0 Å². The molecule has 4 nitrogen and oxygen atoms in total. The molecule has 0 radical (unpaired) electrons. The summed E-state index contributed by atoms with van der Waals surface area (Å²) in [6.45, 7) is 2.05. The summed E-state index contributed by atoms with van der Waals surface area (Å²) in [4.78, 5) is -0.560. The van der Waals surface area contributed by atoms with Gasteiger partial charge in [0.25, 0.3) is 0 Å². The van der Waals surface area contributed by atoms with Crippen LogP contribution >= 0.6 is 23.2 Å². The van der Waals surface area contributed by atoms with E-state index < -0.39 is 10.9 Å². The van der Waals surface area contributed by atoms with Crippen molar-refractivity contribution in [3.05, 3.63) is 23.8 Å². The van der Waals surface area contributed by atoms with Crippen LogP contribution in [0.4, 0.5) is 0 Å². The lowest BCUT2D eigenvalue weighted by molar-refractivity contribution is 0.171. The maximum atomic E-state index is 9.83. The van der Waals surface area contributed by atoms with E-state index in [1.165, 1.54) is 18.2 Å². The molecule has 0 saturated heterocycles. The third kappa shape index (κ3) is 4.24. The number of rotatable bonds is 5. The average molecular weight is 280 g/mol. The standard InChI is InChI=1S/C11H15Cl2NO3/c1-6(11(12)13)14-5-10(17)7-2-3-8(15)9(16)4-7/h2-4,6,10-11,14-17H,5H2,1H3/t6-,10-/m0/s1. The van der Waals surface area contributed by atoms with E-state index in [1.54, 1.807) is 6.92 Å².